The Hall–Kier alpha value is -1.70. The summed E-state index contributed by atoms with van der Waals surface area (Å²) in [6.45, 7) is 6.79. The van der Waals surface area contributed by atoms with E-state index >= 15 is 0 Å². The van der Waals surface area contributed by atoms with E-state index in [0.29, 0.717) is 32.2 Å². The van der Waals surface area contributed by atoms with Gasteiger partial charge >= 0.3 is 0 Å². The van der Waals surface area contributed by atoms with Gasteiger partial charge in [0.25, 0.3) is 5.96 Å². The smallest absolute Gasteiger partial charge is 0.280 e. The SMILES string of the molecule is CC(C)C(=O)N1CCCN(CC2CCOC2)/C1=N/[N+](=O)[O-]. The number of guanidine groups is 1. The maximum atomic E-state index is 12.2. The van der Waals surface area contributed by atoms with Crippen LogP contribution in [-0.4, -0.2) is 59.5 Å². The van der Waals surface area contributed by atoms with Gasteiger partial charge < -0.3 is 9.64 Å². The average molecular weight is 298 g/mol. The molecule has 2 aliphatic rings. The zero-order valence-corrected chi connectivity index (χ0v) is 12.5. The third-order valence-electron chi connectivity index (χ3n) is 3.77. The minimum absolute atomic E-state index is 0.122. The van der Waals surface area contributed by atoms with E-state index in [1.807, 2.05) is 4.90 Å². The van der Waals surface area contributed by atoms with Crippen molar-refractivity contribution >= 4 is 11.9 Å². The number of hydrogen-bond acceptors (Lipinski definition) is 4. The van der Waals surface area contributed by atoms with E-state index in [9.17, 15) is 14.9 Å². The van der Waals surface area contributed by atoms with Gasteiger partial charge in [0.05, 0.1) is 6.61 Å². The highest BCUT2D eigenvalue weighted by Gasteiger charge is 2.34. The molecule has 2 heterocycles. The second-order valence-electron chi connectivity index (χ2n) is 5.81. The molecule has 2 fully saturated rings. The van der Waals surface area contributed by atoms with Gasteiger partial charge in [-0.3, -0.25) is 9.69 Å². The number of carbonyl (C=O) groups is 1. The van der Waals surface area contributed by atoms with Gasteiger partial charge in [-0.2, -0.15) is 0 Å². The van der Waals surface area contributed by atoms with Gasteiger partial charge in [0.15, 0.2) is 5.03 Å². The first-order valence-electron chi connectivity index (χ1n) is 7.36. The van der Waals surface area contributed by atoms with Crippen molar-refractivity contribution in [3.8, 4) is 0 Å². The zero-order valence-electron chi connectivity index (χ0n) is 12.5. The van der Waals surface area contributed by atoms with Crippen LogP contribution < -0.4 is 0 Å². The number of amides is 1. The molecule has 118 valence electrons. The van der Waals surface area contributed by atoms with Crippen LogP contribution in [0.1, 0.15) is 26.7 Å². The molecular weight excluding hydrogens is 276 g/mol. The van der Waals surface area contributed by atoms with Crippen LogP contribution in [0.5, 0.6) is 0 Å². The number of nitrogens with zero attached hydrogens (tertiary/aromatic N) is 4. The summed E-state index contributed by atoms with van der Waals surface area (Å²) in [6, 6.07) is 0. The minimum atomic E-state index is -0.723. The Morgan fingerprint density at radius 2 is 2.29 bits per heavy atom. The van der Waals surface area contributed by atoms with E-state index in [4.69, 9.17) is 4.74 Å². The summed E-state index contributed by atoms with van der Waals surface area (Å²) in [5.41, 5.74) is 0. The molecule has 0 bridgehead atoms. The fourth-order valence-electron chi connectivity index (χ4n) is 2.71. The summed E-state index contributed by atoms with van der Waals surface area (Å²) >= 11 is 0. The second kappa shape index (κ2) is 6.84. The van der Waals surface area contributed by atoms with Crippen LogP contribution in [0.2, 0.25) is 0 Å². The summed E-state index contributed by atoms with van der Waals surface area (Å²) in [5, 5.41) is 13.6. The molecule has 2 aliphatic heterocycles. The largest absolute Gasteiger partial charge is 0.381 e. The fraction of sp³-hybridized carbons (Fsp3) is 0.846. The second-order valence-corrected chi connectivity index (χ2v) is 5.81. The van der Waals surface area contributed by atoms with Gasteiger partial charge in [-0.25, -0.2) is 10.1 Å². The molecule has 0 aromatic heterocycles. The summed E-state index contributed by atoms with van der Waals surface area (Å²) in [6.07, 6.45) is 1.74. The van der Waals surface area contributed by atoms with Crippen LogP contribution in [0.25, 0.3) is 0 Å². The molecule has 1 amide bonds. The minimum Gasteiger partial charge on any atom is -0.381 e. The predicted molar refractivity (Wildman–Crippen MR) is 76.1 cm³/mol. The summed E-state index contributed by atoms with van der Waals surface area (Å²) in [4.78, 5) is 26.4. The van der Waals surface area contributed by atoms with Crippen molar-refractivity contribution in [1.82, 2.24) is 9.80 Å². The summed E-state index contributed by atoms with van der Waals surface area (Å²) in [5.74, 6) is 0.188. The van der Waals surface area contributed by atoms with Crippen LogP contribution in [-0.2, 0) is 9.53 Å². The lowest BCUT2D eigenvalue weighted by atomic mass is 10.1. The molecule has 0 aromatic rings. The van der Waals surface area contributed by atoms with E-state index in [1.54, 1.807) is 13.8 Å². The Bertz CT molecular complexity index is 432. The van der Waals surface area contributed by atoms with Crippen LogP contribution in [0.15, 0.2) is 5.10 Å². The Kier molecular flexibility index (Phi) is 5.11. The number of hydrogen-bond donors (Lipinski definition) is 0. The lowest BCUT2D eigenvalue weighted by Crippen LogP contribution is -2.55. The van der Waals surface area contributed by atoms with E-state index < -0.39 is 5.03 Å². The number of nitro groups is 1. The maximum Gasteiger partial charge on any atom is 0.280 e. The van der Waals surface area contributed by atoms with Crippen molar-refractivity contribution < 1.29 is 14.6 Å². The lowest BCUT2D eigenvalue weighted by Gasteiger charge is -2.37. The highest BCUT2D eigenvalue weighted by atomic mass is 16.7. The first kappa shape index (κ1) is 15.7. The molecule has 0 N–H and O–H groups in total. The zero-order chi connectivity index (χ0) is 15.4. The molecule has 0 radical (unpaired) electrons. The van der Waals surface area contributed by atoms with Gasteiger partial charge in [-0.15, -0.1) is 0 Å². The first-order valence-corrected chi connectivity index (χ1v) is 7.36. The Labute approximate surface area is 123 Å². The molecule has 0 aliphatic carbocycles. The number of hydrazone groups is 1. The van der Waals surface area contributed by atoms with Crippen molar-refractivity contribution in [2.24, 2.45) is 16.9 Å². The highest BCUT2D eigenvalue weighted by Crippen LogP contribution is 2.19. The predicted octanol–water partition coefficient (Wildman–Crippen LogP) is 0.761. The molecule has 8 nitrogen and oxygen atoms in total. The molecule has 8 heteroatoms. The third-order valence-corrected chi connectivity index (χ3v) is 3.77. The number of rotatable bonds is 4. The number of ether oxygens (including phenoxy) is 1. The van der Waals surface area contributed by atoms with Crippen molar-refractivity contribution in [2.75, 3.05) is 32.8 Å². The van der Waals surface area contributed by atoms with E-state index in [-0.39, 0.29) is 17.8 Å². The monoisotopic (exact) mass is 298 g/mol. The summed E-state index contributed by atoms with van der Waals surface area (Å²) < 4.78 is 5.35. The molecule has 1 atom stereocenters. The van der Waals surface area contributed by atoms with Crippen LogP contribution in [0, 0.1) is 22.0 Å². The van der Waals surface area contributed by atoms with Crippen LogP contribution in [0.3, 0.4) is 0 Å². The molecule has 2 rings (SSSR count). The Balaban J connectivity index is 2.17. The Morgan fingerprint density at radius 1 is 1.52 bits per heavy atom. The average Bonchev–Trinajstić information content (AvgIpc) is 2.92. The molecule has 21 heavy (non-hydrogen) atoms. The van der Waals surface area contributed by atoms with Gasteiger partial charge in [0.1, 0.15) is 5.10 Å². The number of carbonyl (C=O) groups excluding carboxylic acids is 1. The maximum absolute atomic E-state index is 12.2. The van der Waals surface area contributed by atoms with E-state index in [1.165, 1.54) is 4.90 Å². The molecule has 2 saturated heterocycles. The molecule has 1 unspecified atom stereocenters. The quantitative estimate of drug-likeness (QED) is 0.565. The molecular formula is C13H22N4O4. The van der Waals surface area contributed by atoms with E-state index in [0.717, 1.165) is 19.4 Å². The van der Waals surface area contributed by atoms with Crippen molar-refractivity contribution in [3.05, 3.63) is 10.1 Å². The third kappa shape index (κ3) is 3.90. The van der Waals surface area contributed by atoms with Crippen molar-refractivity contribution in [3.63, 3.8) is 0 Å². The van der Waals surface area contributed by atoms with Gasteiger partial charge in [0.2, 0.25) is 5.91 Å². The lowest BCUT2D eigenvalue weighted by molar-refractivity contribution is -0.486. The molecule has 0 spiro atoms. The molecule has 0 aromatic carbocycles. The van der Waals surface area contributed by atoms with Gasteiger partial charge in [0, 0.05) is 38.1 Å². The van der Waals surface area contributed by atoms with Crippen LogP contribution >= 0.6 is 0 Å². The highest BCUT2D eigenvalue weighted by molar-refractivity contribution is 5.98. The Morgan fingerprint density at radius 3 is 2.86 bits per heavy atom. The van der Waals surface area contributed by atoms with Gasteiger partial charge in [-0.05, 0) is 12.8 Å². The summed E-state index contributed by atoms with van der Waals surface area (Å²) in [7, 11) is 0. The fourth-order valence-corrected chi connectivity index (χ4v) is 2.71. The van der Waals surface area contributed by atoms with Gasteiger partial charge in [-0.1, -0.05) is 13.8 Å². The van der Waals surface area contributed by atoms with E-state index in [2.05, 4.69) is 5.10 Å². The topological polar surface area (TPSA) is 88.3 Å². The van der Waals surface area contributed by atoms with Crippen molar-refractivity contribution in [1.29, 1.82) is 0 Å². The first-order chi connectivity index (χ1) is 9.99. The van der Waals surface area contributed by atoms with Crippen LogP contribution in [0.4, 0.5) is 0 Å². The van der Waals surface area contributed by atoms with Crippen molar-refractivity contribution in [2.45, 2.75) is 26.7 Å². The standard InChI is InChI=1S/C13H22N4O4/c1-10(2)12(18)16-6-3-5-15(13(16)14-17(19)20)8-11-4-7-21-9-11/h10-11H,3-9H2,1-2H3/b14-13-. The molecule has 0 saturated carbocycles. The normalized spacial score (nSPS) is 24.9.